The number of nitrogens with one attached hydrogen (secondary N) is 1. The molecule has 1 atom stereocenters. The van der Waals surface area contributed by atoms with Crippen LogP contribution >= 0.6 is 0 Å². The van der Waals surface area contributed by atoms with Crippen molar-refractivity contribution < 1.29 is 4.74 Å². The summed E-state index contributed by atoms with van der Waals surface area (Å²) in [5.74, 6) is 1.69. The van der Waals surface area contributed by atoms with Crippen molar-refractivity contribution in [3.05, 3.63) is 29.8 Å². The van der Waals surface area contributed by atoms with E-state index >= 15 is 0 Å². The smallest absolute Gasteiger partial charge is 0.122 e. The van der Waals surface area contributed by atoms with Gasteiger partial charge in [0.05, 0.1) is 6.61 Å². The van der Waals surface area contributed by atoms with Crippen LogP contribution in [0, 0.1) is 0 Å². The molecule has 1 aliphatic rings. The predicted molar refractivity (Wildman–Crippen MR) is 62.5 cm³/mol. The second-order valence-corrected chi connectivity index (χ2v) is 4.01. The van der Waals surface area contributed by atoms with Gasteiger partial charge in [0.25, 0.3) is 0 Å². The van der Waals surface area contributed by atoms with Crippen molar-refractivity contribution in [2.24, 2.45) is 0 Å². The van der Waals surface area contributed by atoms with Crippen molar-refractivity contribution in [2.75, 3.05) is 19.7 Å². The molecule has 0 aliphatic carbocycles. The Labute approximate surface area is 91.6 Å². The molecule has 0 aromatic heterocycles. The van der Waals surface area contributed by atoms with Crippen molar-refractivity contribution >= 4 is 0 Å². The highest BCUT2D eigenvalue weighted by molar-refractivity contribution is 5.36. The lowest BCUT2D eigenvalue weighted by Crippen LogP contribution is -2.28. The second kappa shape index (κ2) is 5.17. The average Bonchev–Trinajstić information content (AvgIpc) is 2.31. The van der Waals surface area contributed by atoms with Crippen LogP contribution in [-0.2, 0) is 0 Å². The highest BCUT2D eigenvalue weighted by atomic mass is 16.5. The normalized spacial score (nSPS) is 21.3. The standard InChI is InChI=1S/C13H19NO/c1-2-15-13-8-4-3-7-12(13)11-6-5-9-14-10-11/h3-4,7-8,11,14H,2,5-6,9-10H2,1H3. The van der Waals surface area contributed by atoms with Gasteiger partial charge in [0, 0.05) is 12.5 Å². The summed E-state index contributed by atoms with van der Waals surface area (Å²) in [6.45, 7) is 5.03. The number of rotatable bonds is 3. The van der Waals surface area contributed by atoms with Gasteiger partial charge in [0.15, 0.2) is 0 Å². The fraction of sp³-hybridized carbons (Fsp3) is 0.538. The Morgan fingerprint density at radius 2 is 2.27 bits per heavy atom. The van der Waals surface area contributed by atoms with Crippen molar-refractivity contribution in [1.82, 2.24) is 5.32 Å². The SMILES string of the molecule is CCOc1ccccc1C1CCCNC1. The van der Waals surface area contributed by atoms with Crippen LogP contribution in [0.1, 0.15) is 31.2 Å². The van der Waals surface area contributed by atoms with E-state index in [0.29, 0.717) is 5.92 Å². The maximum absolute atomic E-state index is 5.66. The van der Waals surface area contributed by atoms with Gasteiger partial charge >= 0.3 is 0 Å². The summed E-state index contributed by atoms with van der Waals surface area (Å²) in [6, 6.07) is 8.42. The van der Waals surface area contributed by atoms with Crippen molar-refractivity contribution in [2.45, 2.75) is 25.7 Å². The molecule has 82 valence electrons. The van der Waals surface area contributed by atoms with E-state index in [0.717, 1.165) is 25.4 Å². The zero-order valence-corrected chi connectivity index (χ0v) is 9.33. The summed E-state index contributed by atoms with van der Waals surface area (Å²) >= 11 is 0. The molecule has 0 amide bonds. The number of piperidine rings is 1. The van der Waals surface area contributed by atoms with Gasteiger partial charge in [-0.2, -0.15) is 0 Å². The quantitative estimate of drug-likeness (QED) is 0.818. The lowest BCUT2D eigenvalue weighted by Gasteiger charge is -2.24. The van der Waals surface area contributed by atoms with Gasteiger partial charge in [-0.3, -0.25) is 0 Å². The minimum Gasteiger partial charge on any atom is -0.494 e. The molecule has 1 aliphatic heterocycles. The maximum atomic E-state index is 5.66. The van der Waals surface area contributed by atoms with Crippen LogP contribution in [0.2, 0.25) is 0 Å². The Morgan fingerprint density at radius 1 is 1.40 bits per heavy atom. The molecule has 2 nitrogen and oxygen atoms in total. The van der Waals surface area contributed by atoms with E-state index in [-0.39, 0.29) is 0 Å². The topological polar surface area (TPSA) is 21.3 Å². The zero-order valence-electron chi connectivity index (χ0n) is 9.33. The van der Waals surface area contributed by atoms with Crippen LogP contribution in [0.3, 0.4) is 0 Å². The first-order chi connectivity index (χ1) is 7.42. The number of benzene rings is 1. The molecule has 1 N–H and O–H groups in total. The first kappa shape index (κ1) is 10.5. The molecule has 2 rings (SSSR count). The van der Waals surface area contributed by atoms with Gasteiger partial charge in [0.2, 0.25) is 0 Å². The maximum Gasteiger partial charge on any atom is 0.122 e. The minimum absolute atomic E-state index is 0.626. The largest absolute Gasteiger partial charge is 0.494 e. The molecule has 1 heterocycles. The lowest BCUT2D eigenvalue weighted by molar-refractivity contribution is 0.330. The Morgan fingerprint density at radius 3 is 3.00 bits per heavy atom. The Hall–Kier alpha value is -1.02. The van der Waals surface area contributed by atoms with E-state index in [1.54, 1.807) is 0 Å². The molecule has 0 bridgehead atoms. The highest BCUT2D eigenvalue weighted by Gasteiger charge is 2.18. The van der Waals surface area contributed by atoms with Crippen LogP contribution in [0.15, 0.2) is 24.3 Å². The van der Waals surface area contributed by atoms with Crippen molar-refractivity contribution in [1.29, 1.82) is 0 Å². The lowest BCUT2D eigenvalue weighted by atomic mass is 9.91. The van der Waals surface area contributed by atoms with E-state index in [9.17, 15) is 0 Å². The predicted octanol–water partition coefficient (Wildman–Crippen LogP) is 2.55. The molecule has 0 spiro atoms. The Kier molecular flexibility index (Phi) is 3.62. The fourth-order valence-corrected chi connectivity index (χ4v) is 2.22. The van der Waals surface area contributed by atoms with E-state index < -0.39 is 0 Å². The number of hydrogen-bond donors (Lipinski definition) is 1. The molecule has 1 unspecified atom stereocenters. The van der Waals surface area contributed by atoms with Crippen LogP contribution in [0.25, 0.3) is 0 Å². The Bertz CT molecular complexity index is 305. The van der Waals surface area contributed by atoms with Crippen LogP contribution in [0.4, 0.5) is 0 Å². The van der Waals surface area contributed by atoms with Crippen LogP contribution < -0.4 is 10.1 Å². The summed E-state index contributed by atoms with van der Waals surface area (Å²) < 4.78 is 5.66. The molecular formula is C13H19NO. The van der Waals surface area contributed by atoms with E-state index in [4.69, 9.17) is 4.74 Å². The van der Waals surface area contributed by atoms with Crippen LogP contribution in [-0.4, -0.2) is 19.7 Å². The van der Waals surface area contributed by atoms with Gasteiger partial charge in [-0.15, -0.1) is 0 Å². The third-order valence-corrected chi connectivity index (χ3v) is 2.96. The minimum atomic E-state index is 0.626. The molecule has 1 aromatic rings. The van der Waals surface area contributed by atoms with Crippen LogP contribution in [0.5, 0.6) is 5.75 Å². The first-order valence-corrected chi connectivity index (χ1v) is 5.84. The number of hydrogen-bond acceptors (Lipinski definition) is 2. The van der Waals surface area contributed by atoms with Crippen molar-refractivity contribution in [3.63, 3.8) is 0 Å². The first-order valence-electron chi connectivity index (χ1n) is 5.84. The Balaban J connectivity index is 2.17. The molecule has 1 saturated heterocycles. The van der Waals surface area contributed by atoms with Gasteiger partial charge in [-0.05, 0) is 37.9 Å². The molecular weight excluding hydrogens is 186 g/mol. The highest BCUT2D eigenvalue weighted by Crippen LogP contribution is 2.30. The van der Waals surface area contributed by atoms with E-state index in [1.165, 1.54) is 18.4 Å². The summed E-state index contributed by atoms with van der Waals surface area (Å²) in [5, 5.41) is 3.45. The van der Waals surface area contributed by atoms with Gasteiger partial charge in [0.1, 0.15) is 5.75 Å². The fourth-order valence-electron chi connectivity index (χ4n) is 2.22. The van der Waals surface area contributed by atoms with Gasteiger partial charge in [-0.1, -0.05) is 18.2 Å². The second-order valence-electron chi connectivity index (χ2n) is 4.01. The summed E-state index contributed by atoms with van der Waals surface area (Å²) in [7, 11) is 0. The summed E-state index contributed by atoms with van der Waals surface area (Å²) in [6.07, 6.45) is 2.54. The summed E-state index contributed by atoms with van der Waals surface area (Å²) in [4.78, 5) is 0. The zero-order chi connectivity index (χ0) is 10.5. The number of ether oxygens (including phenoxy) is 1. The van der Waals surface area contributed by atoms with Gasteiger partial charge in [-0.25, -0.2) is 0 Å². The summed E-state index contributed by atoms with van der Waals surface area (Å²) in [5.41, 5.74) is 1.37. The average molecular weight is 205 g/mol. The van der Waals surface area contributed by atoms with Gasteiger partial charge < -0.3 is 10.1 Å². The molecule has 2 heteroatoms. The third-order valence-electron chi connectivity index (χ3n) is 2.96. The van der Waals surface area contributed by atoms with E-state index in [1.807, 2.05) is 13.0 Å². The molecule has 0 saturated carbocycles. The van der Waals surface area contributed by atoms with Crippen molar-refractivity contribution in [3.8, 4) is 5.75 Å². The number of para-hydroxylation sites is 1. The molecule has 1 fully saturated rings. The molecule has 15 heavy (non-hydrogen) atoms. The van der Waals surface area contributed by atoms with E-state index in [2.05, 4.69) is 23.5 Å². The third kappa shape index (κ3) is 2.51. The molecule has 0 radical (unpaired) electrons. The monoisotopic (exact) mass is 205 g/mol. The molecule has 1 aromatic carbocycles.